The summed E-state index contributed by atoms with van der Waals surface area (Å²) in [6.45, 7) is 3.34. The molecule has 1 unspecified atom stereocenters. The number of hydrogen-bond acceptors (Lipinski definition) is 2. The van der Waals surface area contributed by atoms with Crippen LogP contribution in [0.5, 0.6) is 0 Å². The van der Waals surface area contributed by atoms with Crippen molar-refractivity contribution in [2.75, 3.05) is 17.2 Å². The first kappa shape index (κ1) is 10.6. The van der Waals surface area contributed by atoms with E-state index in [1.54, 1.807) is 0 Å². The Morgan fingerprint density at radius 3 is 3.00 bits per heavy atom. The van der Waals surface area contributed by atoms with E-state index < -0.39 is 0 Å². The second-order valence-corrected chi connectivity index (χ2v) is 4.52. The van der Waals surface area contributed by atoms with Gasteiger partial charge in [-0.25, -0.2) is 0 Å². The zero-order valence-corrected chi connectivity index (χ0v) is 9.80. The fourth-order valence-electron chi connectivity index (χ4n) is 2.33. The van der Waals surface area contributed by atoms with Crippen LogP contribution in [0.1, 0.15) is 26.2 Å². The lowest BCUT2D eigenvalue weighted by molar-refractivity contribution is 0.645. The lowest BCUT2D eigenvalue weighted by atomic mass is 10.1. The quantitative estimate of drug-likeness (QED) is 0.782. The third-order valence-electron chi connectivity index (χ3n) is 3.13. The lowest BCUT2D eigenvalue weighted by Crippen LogP contribution is -2.28. The predicted octanol–water partition coefficient (Wildman–Crippen LogP) is 3.30. The van der Waals surface area contributed by atoms with Crippen LogP contribution in [0.3, 0.4) is 0 Å². The number of hydrogen-bond donors (Lipinski definition) is 1. The average Bonchev–Trinajstić information content (AvgIpc) is 2.65. The fraction of sp³-hybridized carbons (Fsp3) is 0.500. The van der Waals surface area contributed by atoms with Crippen molar-refractivity contribution < 1.29 is 0 Å². The number of anilines is 2. The molecule has 2 N–H and O–H groups in total. The van der Waals surface area contributed by atoms with Gasteiger partial charge in [-0.05, 0) is 37.5 Å². The van der Waals surface area contributed by atoms with Crippen molar-refractivity contribution in [3.8, 4) is 0 Å². The zero-order valence-electron chi connectivity index (χ0n) is 9.04. The molecule has 1 atom stereocenters. The third kappa shape index (κ3) is 2.05. The highest BCUT2D eigenvalue weighted by molar-refractivity contribution is 6.33. The molecule has 0 saturated carbocycles. The van der Waals surface area contributed by atoms with Gasteiger partial charge in [0, 0.05) is 18.3 Å². The van der Waals surface area contributed by atoms with E-state index in [0.29, 0.717) is 6.04 Å². The molecule has 2 nitrogen and oxygen atoms in total. The minimum absolute atomic E-state index is 0.645. The molecular formula is C12H17ClN2. The number of benzene rings is 1. The van der Waals surface area contributed by atoms with E-state index in [1.165, 1.54) is 19.3 Å². The zero-order chi connectivity index (χ0) is 10.8. The van der Waals surface area contributed by atoms with E-state index in [2.05, 4.69) is 11.8 Å². The van der Waals surface area contributed by atoms with Crippen molar-refractivity contribution in [2.24, 2.45) is 0 Å². The van der Waals surface area contributed by atoms with Gasteiger partial charge in [-0.1, -0.05) is 18.5 Å². The van der Waals surface area contributed by atoms with Gasteiger partial charge in [-0.2, -0.15) is 0 Å². The largest absolute Gasteiger partial charge is 0.399 e. The van der Waals surface area contributed by atoms with Gasteiger partial charge in [0.25, 0.3) is 0 Å². The van der Waals surface area contributed by atoms with Gasteiger partial charge in [0.1, 0.15) is 0 Å². The number of halogens is 1. The highest BCUT2D eigenvalue weighted by atomic mass is 35.5. The Labute approximate surface area is 96.0 Å². The summed E-state index contributed by atoms with van der Waals surface area (Å²) >= 11 is 6.21. The summed E-state index contributed by atoms with van der Waals surface area (Å²) in [5.41, 5.74) is 7.56. The van der Waals surface area contributed by atoms with Crippen LogP contribution in [0.25, 0.3) is 0 Å². The van der Waals surface area contributed by atoms with Crippen LogP contribution in [0.4, 0.5) is 11.4 Å². The molecule has 1 heterocycles. The van der Waals surface area contributed by atoms with Crippen LogP contribution in [0, 0.1) is 0 Å². The standard InChI is InChI=1S/C12H17ClN2/c1-2-10-4-3-7-15(10)12-6-5-9(14)8-11(12)13/h5-6,8,10H,2-4,7,14H2,1H3. The maximum atomic E-state index is 6.21. The molecule has 1 aromatic rings. The smallest absolute Gasteiger partial charge is 0.0660 e. The molecule has 1 aromatic carbocycles. The van der Waals surface area contributed by atoms with Crippen molar-refractivity contribution in [3.05, 3.63) is 23.2 Å². The molecule has 0 spiro atoms. The molecule has 3 heteroatoms. The van der Waals surface area contributed by atoms with Gasteiger partial charge < -0.3 is 10.6 Å². The monoisotopic (exact) mass is 224 g/mol. The molecule has 1 aliphatic rings. The molecule has 0 bridgehead atoms. The van der Waals surface area contributed by atoms with Gasteiger partial charge >= 0.3 is 0 Å². The Balaban J connectivity index is 2.28. The maximum absolute atomic E-state index is 6.21. The van der Waals surface area contributed by atoms with Crippen LogP contribution < -0.4 is 10.6 Å². The average molecular weight is 225 g/mol. The summed E-state index contributed by atoms with van der Waals surface area (Å²) in [5.74, 6) is 0. The molecule has 1 saturated heterocycles. The van der Waals surface area contributed by atoms with E-state index in [4.69, 9.17) is 17.3 Å². The molecule has 0 radical (unpaired) electrons. The van der Waals surface area contributed by atoms with Gasteiger partial charge in [0.15, 0.2) is 0 Å². The SMILES string of the molecule is CCC1CCCN1c1ccc(N)cc1Cl. The number of nitrogens with two attached hydrogens (primary N) is 1. The van der Waals surface area contributed by atoms with Crippen LogP contribution >= 0.6 is 11.6 Å². The minimum atomic E-state index is 0.645. The maximum Gasteiger partial charge on any atom is 0.0660 e. The molecule has 82 valence electrons. The topological polar surface area (TPSA) is 29.3 Å². The Morgan fingerprint density at radius 1 is 1.53 bits per heavy atom. The fourth-order valence-corrected chi connectivity index (χ4v) is 2.63. The summed E-state index contributed by atoms with van der Waals surface area (Å²) < 4.78 is 0. The van der Waals surface area contributed by atoms with E-state index in [9.17, 15) is 0 Å². The second kappa shape index (κ2) is 4.31. The van der Waals surface area contributed by atoms with Crippen LogP contribution in [0.15, 0.2) is 18.2 Å². The molecule has 15 heavy (non-hydrogen) atoms. The summed E-state index contributed by atoms with van der Waals surface area (Å²) in [6, 6.07) is 6.44. The number of rotatable bonds is 2. The normalized spacial score (nSPS) is 20.9. The number of nitrogens with zero attached hydrogens (tertiary/aromatic N) is 1. The van der Waals surface area contributed by atoms with Crippen LogP contribution in [0.2, 0.25) is 5.02 Å². The first-order valence-corrected chi connectivity index (χ1v) is 5.92. The van der Waals surface area contributed by atoms with Gasteiger partial charge in [-0.3, -0.25) is 0 Å². The van der Waals surface area contributed by atoms with E-state index in [1.807, 2.05) is 18.2 Å². The predicted molar refractivity (Wildman–Crippen MR) is 66.5 cm³/mol. The third-order valence-corrected chi connectivity index (χ3v) is 3.43. The summed E-state index contributed by atoms with van der Waals surface area (Å²) in [7, 11) is 0. The lowest BCUT2D eigenvalue weighted by Gasteiger charge is -2.26. The van der Waals surface area contributed by atoms with Gasteiger partial charge in [0.2, 0.25) is 0 Å². The highest BCUT2D eigenvalue weighted by Crippen LogP contribution is 2.33. The molecule has 2 rings (SSSR count). The molecular weight excluding hydrogens is 208 g/mol. The molecule has 1 aliphatic heterocycles. The Kier molecular flexibility index (Phi) is 3.06. The minimum Gasteiger partial charge on any atom is -0.399 e. The van der Waals surface area contributed by atoms with Gasteiger partial charge in [-0.15, -0.1) is 0 Å². The first-order valence-electron chi connectivity index (χ1n) is 5.54. The van der Waals surface area contributed by atoms with Crippen molar-refractivity contribution in [3.63, 3.8) is 0 Å². The van der Waals surface area contributed by atoms with Crippen molar-refractivity contribution >= 4 is 23.0 Å². The molecule has 0 amide bonds. The second-order valence-electron chi connectivity index (χ2n) is 4.11. The van der Waals surface area contributed by atoms with Crippen LogP contribution in [-0.4, -0.2) is 12.6 Å². The molecule has 0 aliphatic carbocycles. The molecule has 1 fully saturated rings. The van der Waals surface area contributed by atoms with E-state index in [0.717, 1.165) is 22.9 Å². The van der Waals surface area contributed by atoms with Crippen LogP contribution in [-0.2, 0) is 0 Å². The Bertz CT molecular complexity index is 351. The van der Waals surface area contributed by atoms with Crippen molar-refractivity contribution in [1.82, 2.24) is 0 Å². The van der Waals surface area contributed by atoms with E-state index in [-0.39, 0.29) is 0 Å². The summed E-state index contributed by atoms with van der Waals surface area (Å²) in [5, 5.41) is 0.773. The first-order chi connectivity index (χ1) is 7.22. The van der Waals surface area contributed by atoms with E-state index >= 15 is 0 Å². The summed E-state index contributed by atoms with van der Waals surface area (Å²) in [6.07, 6.45) is 3.72. The Morgan fingerprint density at radius 2 is 2.33 bits per heavy atom. The Hall–Kier alpha value is -0.890. The van der Waals surface area contributed by atoms with Crippen molar-refractivity contribution in [1.29, 1.82) is 0 Å². The molecule has 0 aromatic heterocycles. The highest BCUT2D eigenvalue weighted by Gasteiger charge is 2.24. The van der Waals surface area contributed by atoms with Crippen molar-refractivity contribution in [2.45, 2.75) is 32.2 Å². The number of nitrogen functional groups attached to an aromatic ring is 1. The van der Waals surface area contributed by atoms with Gasteiger partial charge in [0.05, 0.1) is 10.7 Å². The summed E-state index contributed by atoms with van der Waals surface area (Å²) in [4.78, 5) is 2.40.